The van der Waals surface area contributed by atoms with Gasteiger partial charge in [0.05, 0.1) is 25.5 Å². The Morgan fingerprint density at radius 2 is 2.05 bits per heavy atom. The SMILES string of the molecule is CC(c1ccc(-n2cncn2)cc1)N(C)CCOCCO. The predicted molar refractivity (Wildman–Crippen MR) is 80.3 cm³/mol. The molecule has 6 heteroatoms. The minimum atomic E-state index is 0.0724. The standard InChI is InChI=1S/C15H22N4O2/c1-13(18(2)7-9-21-10-8-20)14-3-5-15(6-4-14)19-12-16-11-17-19/h3-6,11-13,20H,7-10H2,1-2H3. The third kappa shape index (κ3) is 4.35. The highest BCUT2D eigenvalue weighted by atomic mass is 16.5. The van der Waals surface area contributed by atoms with Crippen LogP contribution in [0.2, 0.25) is 0 Å². The molecule has 2 rings (SSSR count). The molecule has 1 N–H and O–H groups in total. The van der Waals surface area contributed by atoms with Gasteiger partial charge < -0.3 is 9.84 Å². The van der Waals surface area contributed by atoms with Gasteiger partial charge >= 0.3 is 0 Å². The number of benzene rings is 1. The molecule has 0 saturated heterocycles. The van der Waals surface area contributed by atoms with E-state index in [1.165, 1.54) is 11.9 Å². The van der Waals surface area contributed by atoms with Gasteiger partial charge in [-0.3, -0.25) is 4.90 Å². The van der Waals surface area contributed by atoms with Crippen LogP contribution in [0.3, 0.4) is 0 Å². The van der Waals surface area contributed by atoms with E-state index >= 15 is 0 Å². The van der Waals surface area contributed by atoms with Gasteiger partial charge in [-0.1, -0.05) is 12.1 Å². The van der Waals surface area contributed by atoms with E-state index in [1.807, 2.05) is 12.1 Å². The number of likely N-dealkylation sites (N-methyl/N-ethyl adjacent to an activating group) is 1. The van der Waals surface area contributed by atoms with E-state index in [0.29, 0.717) is 19.3 Å². The fraction of sp³-hybridized carbons (Fsp3) is 0.467. The summed E-state index contributed by atoms with van der Waals surface area (Å²) in [5.41, 5.74) is 2.24. The molecule has 0 radical (unpaired) electrons. The summed E-state index contributed by atoms with van der Waals surface area (Å²) in [7, 11) is 2.07. The molecule has 1 heterocycles. The van der Waals surface area contributed by atoms with Crippen molar-refractivity contribution in [3.05, 3.63) is 42.5 Å². The summed E-state index contributed by atoms with van der Waals surface area (Å²) in [6.07, 6.45) is 3.21. The highest BCUT2D eigenvalue weighted by molar-refractivity contribution is 5.34. The van der Waals surface area contributed by atoms with Crippen molar-refractivity contribution in [1.29, 1.82) is 0 Å². The van der Waals surface area contributed by atoms with Crippen molar-refractivity contribution in [3.63, 3.8) is 0 Å². The molecule has 0 aliphatic heterocycles. The molecule has 0 bridgehead atoms. The summed E-state index contributed by atoms with van der Waals surface area (Å²) in [5, 5.41) is 12.8. The van der Waals surface area contributed by atoms with E-state index in [1.54, 1.807) is 11.0 Å². The van der Waals surface area contributed by atoms with Crippen LogP contribution < -0.4 is 0 Å². The molecule has 0 aliphatic rings. The van der Waals surface area contributed by atoms with E-state index in [-0.39, 0.29) is 6.61 Å². The van der Waals surface area contributed by atoms with Crippen molar-refractivity contribution in [1.82, 2.24) is 19.7 Å². The first kappa shape index (κ1) is 15.6. The van der Waals surface area contributed by atoms with Crippen molar-refractivity contribution < 1.29 is 9.84 Å². The lowest BCUT2D eigenvalue weighted by Crippen LogP contribution is -2.26. The van der Waals surface area contributed by atoms with E-state index in [4.69, 9.17) is 9.84 Å². The Hall–Kier alpha value is -1.76. The van der Waals surface area contributed by atoms with Gasteiger partial charge in [-0.25, -0.2) is 9.67 Å². The van der Waals surface area contributed by atoms with Crippen LogP contribution in [-0.4, -0.2) is 58.2 Å². The molecule has 0 saturated carbocycles. The lowest BCUT2D eigenvalue weighted by atomic mass is 10.1. The highest BCUT2D eigenvalue weighted by Crippen LogP contribution is 2.19. The van der Waals surface area contributed by atoms with Crippen molar-refractivity contribution in [3.8, 4) is 5.69 Å². The number of hydrogen-bond donors (Lipinski definition) is 1. The van der Waals surface area contributed by atoms with Gasteiger partial charge in [-0.2, -0.15) is 5.10 Å². The average molecular weight is 290 g/mol. The van der Waals surface area contributed by atoms with Crippen LogP contribution in [0, 0.1) is 0 Å². The van der Waals surface area contributed by atoms with Crippen molar-refractivity contribution >= 4 is 0 Å². The van der Waals surface area contributed by atoms with E-state index in [2.05, 4.69) is 41.1 Å². The first-order chi connectivity index (χ1) is 10.2. The Kier molecular flexibility index (Phi) is 5.86. The van der Waals surface area contributed by atoms with Gasteiger partial charge in [0.25, 0.3) is 0 Å². The van der Waals surface area contributed by atoms with Crippen molar-refractivity contribution in [2.24, 2.45) is 0 Å². The molecule has 0 amide bonds. The summed E-state index contributed by atoms with van der Waals surface area (Å²) in [5.74, 6) is 0. The summed E-state index contributed by atoms with van der Waals surface area (Å²) in [6.45, 7) is 4.08. The molecule has 0 aliphatic carbocycles. The maximum Gasteiger partial charge on any atom is 0.138 e. The van der Waals surface area contributed by atoms with Gasteiger partial charge in [0, 0.05) is 12.6 Å². The van der Waals surface area contributed by atoms with Crippen LogP contribution in [0.1, 0.15) is 18.5 Å². The molecule has 0 fully saturated rings. The van der Waals surface area contributed by atoms with Crippen LogP contribution in [0.4, 0.5) is 0 Å². The van der Waals surface area contributed by atoms with Crippen molar-refractivity contribution in [2.45, 2.75) is 13.0 Å². The molecule has 21 heavy (non-hydrogen) atoms. The zero-order valence-corrected chi connectivity index (χ0v) is 12.5. The minimum absolute atomic E-state index is 0.0724. The van der Waals surface area contributed by atoms with E-state index < -0.39 is 0 Å². The molecular formula is C15H22N4O2. The smallest absolute Gasteiger partial charge is 0.138 e. The number of aliphatic hydroxyl groups is 1. The zero-order valence-electron chi connectivity index (χ0n) is 12.5. The van der Waals surface area contributed by atoms with Gasteiger partial charge in [0.15, 0.2) is 0 Å². The second-order valence-corrected chi connectivity index (χ2v) is 4.92. The maximum absolute atomic E-state index is 8.67. The second-order valence-electron chi connectivity index (χ2n) is 4.92. The summed E-state index contributed by atoms with van der Waals surface area (Å²) >= 11 is 0. The van der Waals surface area contributed by atoms with E-state index in [0.717, 1.165) is 12.2 Å². The Bertz CT molecular complexity index is 513. The molecule has 6 nitrogen and oxygen atoms in total. The van der Waals surface area contributed by atoms with Gasteiger partial charge in [0.2, 0.25) is 0 Å². The average Bonchev–Trinajstić information content (AvgIpc) is 3.05. The minimum Gasteiger partial charge on any atom is -0.394 e. The van der Waals surface area contributed by atoms with Crippen LogP contribution >= 0.6 is 0 Å². The third-order valence-corrected chi connectivity index (χ3v) is 3.54. The van der Waals surface area contributed by atoms with Crippen LogP contribution in [0.15, 0.2) is 36.9 Å². The number of rotatable bonds is 8. The maximum atomic E-state index is 8.67. The summed E-state index contributed by atoms with van der Waals surface area (Å²) in [4.78, 5) is 6.17. The monoisotopic (exact) mass is 290 g/mol. The van der Waals surface area contributed by atoms with E-state index in [9.17, 15) is 0 Å². The Balaban J connectivity index is 1.91. The van der Waals surface area contributed by atoms with Crippen molar-refractivity contribution in [2.75, 3.05) is 33.4 Å². The van der Waals surface area contributed by atoms with Crippen LogP contribution in [-0.2, 0) is 4.74 Å². The molecular weight excluding hydrogens is 268 g/mol. The molecule has 1 atom stereocenters. The number of ether oxygens (including phenoxy) is 1. The first-order valence-corrected chi connectivity index (χ1v) is 7.06. The Morgan fingerprint density at radius 3 is 2.67 bits per heavy atom. The number of aliphatic hydroxyl groups excluding tert-OH is 1. The largest absolute Gasteiger partial charge is 0.394 e. The summed E-state index contributed by atoms with van der Waals surface area (Å²) in [6, 6.07) is 8.58. The fourth-order valence-electron chi connectivity index (χ4n) is 2.07. The van der Waals surface area contributed by atoms with Crippen LogP contribution in [0.5, 0.6) is 0 Å². The fourth-order valence-corrected chi connectivity index (χ4v) is 2.07. The first-order valence-electron chi connectivity index (χ1n) is 7.06. The molecule has 1 aromatic heterocycles. The predicted octanol–water partition coefficient (Wildman–Crippen LogP) is 1.27. The quantitative estimate of drug-likeness (QED) is 0.742. The zero-order chi connectivity index (χ0) is 15.1. The molecule has 114 valence electrons. The topological polar surface area (TPSA) is 63.4 Å². The second kappa shape index (κ2) is 7.87. The Labute approximate surface area is 125 Å². The van der Waals surface area contributed by atoms with Crippen LogP contribution in [0.25, 0.3) is 5.69 Å². The highest BCUT2D eigenvalue weighted by Gasteiger charge is 2.11. The van der Waals surface area contributed by atoms with Gasteiger partial charge in [0.1, 0.15) is 12.7 Å². The molecule has 1 aromatic carbocycles. The number of aromatic nitrogens is 3. The molecule has 1 unspecified atom stereocenters. The summed E-state index contributed by atoms with van der Waals surface area (Å²) < 4.78 is 7.03. The lowest BCUT2D eigenvalue weighted by molar-refractivity contribution is 0.0719. The van der Waals surface area contributed by atoms with Gasteiger partial charge in [-0.15, -0.1) is 0 Å². The number of nitrogens with zero attached hydrogens (tertiary/aromatic N) is 4. The molecule has 0 spiro atoms. The Morgan fingerprint density at radius 1 is 1.29 bits per heavy atom. The third-order valence-electron chi connectivity index (χ3n) is 3.54. The molecule has 2 aromatic rings. The normalized spacial score (nSPS) is 12.8. The van der Waals surface area contributed by atoms with Gasteiger partial charge in [-0.05, 0) is 31.7 Å². The lowest BCUT2D eigenvalue weighted by Gasteiger charge is -2.25. The number of hydrogen-bond acceptors (Lipinski definition) is 5.